The van der Waals surface area contributed by atoms with Crippen molar-refractivity contribution >= 4 is 40.9 Å². The van der Waals surface area contributed by atoms with E-state index in [-0.39, 0.29) is 24.0 Å². The summed E-state index contributed by atoms with van der Waals surface area (Å²) >= 11 is 1.32. The van der Waals surface area contributed by atoms with Gasteiger partial charge in [0, 0.05) is 30.5 Å². The fourth-order valence-corrected chi connectivity index (χ4v) is 3.70. The van der Waals surface area contributed by atoms with Crippen molar-refractivity contribution in [1.82, 2.24) is 4.90 Å². The van der Waals surface area contributed by atoms with Crippen molar-refractivity contribution in [2.45, 2.75) is 19.8 Å². The summed E-state index contributed by atoms with van der Waals surface area (Å²) in [5.41, 5.74) is 1.02. The normalized spacial score (nSPS) is 16.7. The van der Waals surface area contributed by atoms with Crippen LogP contribution in [0.4, 0.5) is 14.5 Å². The number of thioether (sulfide) groups is 1. The zero-order chi connectivity index (χ0) is 15.7. The predicted octanol–water partition coefficient (Wildman–Crippen LogP) is 3.76. The third-order valence-electron chi connectivity index (χ3n) is 3.46. The summed E-state index contributed by atoms with van der Waals surface area (Å²) in [6.07, 6.45) is 1.66. The quantitative estimate of drug-likeness (QED) is 0.893. The summed E-state index contributed by atoms with van der Waals surface area (Å²) < 4.78 is 26.4. The van der Waals surface area contributed by atoms with Gasteiger partial charge < -0.3 is 10.2 Å². The lowest BCUT2D eigenvalue weighted by molar-refractivity contribution is -0.112. The lowest BCUT2D eigenvalue weighted by Crippen LogP contribution is -2.29. The summed E-state index contributed by atoms with van der Waals surface area (Å²) in [6.45, 7) is 3.59. The van der Waals surface area contributed by atoms with E-state index in [4.69, 9.17) is 0 Å². The minimum atomic E-state index is -0.721. The molecule has 1 aromatic rings. The standard InChI is InChI=1S/C15H15F2N3OS.ClH/c1-2-12-13(22-15-18-4-3-5-20(12)15)14(21)19-11-7-9(16)6-10(17)8-11;/h6-8H,2-5H2,1H3,(H,19,21);1H. The highest BCUT2D eigenvalue weighted by atomic mass is 35.5. The van der Waals surface area contributed by atoms with Crippen molar-refractivity contribution in [3.05, 3.63) is 40.4 Å². The van der Waals surface area contributed by atoms with Crippen molar-refractivity contribution in [3.8, 4) is 0 Å². The molecule has 0 aromatic heterocycles. The highest BCUT2D eigenvalue weighted by molar-refractivity contribution is 8.18. The SMILES string of the molecule is CCC1=C(C(=O)Nc2cc(F)cc(F)c2)SC2=NCCCN21.Cl. The number of halogens is 3. The first-order valence-electron chi connectivity index (χ1n) is 7.09. The molecule has 8 heteroatoms. The summed E-state index contributed by atoms with van der Waals surface area (Å²) in [6, 6.07) is 2.96. The summed E-state index contributed by atoms with van der Waals surface area (Å²) in [7, 11) is 0. The monoisotopic (exact) mass is 359 g/mol. The molecule has 0 saturated carbocycles. The Kier molecular flexibility index (Phi) is 5.64. The average Bonchev–Trinajstić information content (AvgIpc) is 2.84. The van der Waals surface area contributed by atoms with Gasteiger partial charge in [0.2, 0.25) is 0 Å². The number of hydrogen-bond donors (Lipinski definition) is 1. The van der Waals surface area contributed by atoms with Crippen LogP contribution in [0.3, 0.4) is 0 Å². The van der Waals surface area contributed by atoms with Crippen LogP contribution in [-0.4, -0.2) is 29.1 Å². The molecule has 1 amide bonds. The van der Waals surface area contributed by atoms with Crippen LogP contribution < -0.4 is 5.32 Å². The first-order chi connectivity index (χ1) is 10.6. The van der Waals surface area contributed by atoms with Crippen molar-refractivity contribution in [2.75, 3.05) is 18.4 Å². The highest BCUT2D eigenvalue weighted by Crippen LogP contribution is 2.38. The van der Waals surface area contributed by atoms with Gasteiger partial charge >= 0.3 is 0 Å². The fourth-order valence-electron chi connectivity index (χ4n) is 2.54. The van der Waals surface area contributed by atoms with Gasteiger partial charge in [-0.3, -0.25) is 9.79 Å². The van der Waals surface area contributed by atoms with Crippen molar-refractivity contribution in [3.63, 3.8) is 0 Å². The van der Waals surface area contributed by atoms with Gasteiger partial charge in [-0.05, 0) is 36.7 Å². The van der Waals surface area contributed by atoms with Gasteiger partial charge in [0.25, 0.3) is 5.91 Å². The number of carbonyl (C=O) groups is 1. The van der Waals surface area contributed by atoms with Crippen LogP contribution in [0.25, 0.3) is 0 Å². The van der Waals surface area contributed by atoms with Crippen LogP contribution in [0, 0.1) is 11.6 Å². The van der Waals surface area contributed by atoms with Crippen LogP contribution in [0.15, 0.2) is 33.8 Å². The minimum Gasteiger partial charge on any atom is -0.323 e. The van der Waals surface area contributed by atoms with Crippen LogP contribution in [0.2, 0.25) is 0 Å². The number of carbonyl (C=O) groups excluding carboxylic acids is 1. The Morgan fingerprint density at radius 1 is 1.35 bits per heavy atom. The number of hydrogen-bond acceptors (Lipinski definition) is 4. The van der Waals surface area contributed by atoms with E-state index in [2.05, 4.69) is 15.2 Å². The molecule has 2 heterocycles. The number of nitrogens with zero attached hydrogens (tertiary/aromatic N) is 2. The number of benzene rings is 1. The molecule has 23 heavy (non-hydrogen) atoms. The van der Waals surface area contributed by atoms with Crippen molar-refractivity contribution < 1.29 is 13.6 Å². The number of allylic oxidation sites excluding steroid dienone is 1. The molecule has 3 rings (SSSR count). The maximum absolute atomic E-state index is 13.2. The van der Waals surface area contributed by atoms with Gasteiger partial charge in [0.1, 0.15) is 11.6 Å². The van der Waals surface area contributed by atoms with Crippen LogP contribution in [-0.2, 0) is 4.79 Å². The second-order valence-corrected chi connectivity index (χ2v) is 5.99. The zero-order valence-electron chi connectivity index (χ0n) is 12.4. The lowest BCUT2D eigenvalue weighted by Gasteiger charge is -2.24. The van der Waals surface area contributed by atoms with E-state index in [9.17, 15) is 13.6 Å². The van der Waals surface area contributed by atoms with E-state index in [0.29, 0.717) is 11.3 Å². The Hall–Kier alpha value is -1.60. The molecule has 0 aliphatic carbocycles. The Bertz CT molecular complexity index is 673. The van der Waals surface area contributed by atoms with E-state index in [1.807, 2.05) is 6.92 Å². The third-order valence-corrected chi connectivity index (χ3v) is 4.62. The molecule has 1 N–H and O–H groups in total. The molecule has 0 saturated heterocycles. The zero-order valence-corrected chi connectivity index (χ0v) is 14.1. The first kappa shape index (κ1) is 17.7. The Morgan fingerprint density at radius 2 is 2.04 bits per heavy atom. The number of anilines is 1. The topological polar surface area (TPSA) is 44.7 Å². The Labute approximate surface area is 143 Å². The van der Waals surface area contributed by atoms with Crippen molar-refractivity contribution in [2.24, 2.45) is 4.99 Å². The maximum Gasteiger partial charge on any atom is 0.264 e. The summed E-state index contributed by atoms with van der Waals surface area (Å²) in [5, 5.41) is 3.39. The predicted molar refractivity (Wildman–Crippen MR) is 90.8 cm³/mol. The molecule has 0 radical (unpaired) electrons. The van der Waals surface area contributed by atoms with Crippen LogP contribution in [0.1, 0.15) is 19.8 Å². The Balaban J connectivity index is 0.00000192. The molecule has 0 bridgehead atoms. The maximum atomic E-state index is 13.2. The third kappa shape index (κ3) is 3.67. The first-order valence-corrected chi connectivity index (χ1v) is 7.90. The lowest BCUT2D eigenvalue weighted by atomic mass is 10.2. The summed E-state index contributed by atoms with van der Waals surface area (Å²) in [4.78, 5) is 19.5. The van der Waals surface area contributed by atoms with Gasteiger partial charge in [-0.25, -0.2) is 8.78 Å². The number of rotatable bonds is 3. The van der Waals surface area contributed by atoms with Crippen LogP contribution in [0.5, 0.6) is 0 Å². The highest BCUT2D eigenvalue weighted by Gasteiger charge is 2.33. The molecule has 0 fully saturated rings. The average molecular weight is 360 g/mol. The molecule has 2 aliphatic rings. The molecule has 1 aromatic carbocycles. The largest absolute Gasteiger partial charge is 0.323 e. The van der Waals surface area contributed by atoms with E-state index in [1.54, 1.807) is 0 Å². The number of fused-ring (bicyclic) bond motifs is 1. The molecule has 0 atom stereocenters. The second kappa shape index (κ2) is 7.31. The fraction of sp³-hybridized carbons (Fsp3) is 0.333. The van der Waals surface area contributed by atoms with E-state index >= 15 is 0 Å². The van der Waals surface area contributed by atoms with Gasteiger partial charge in [-0.2, -0.15) is 0 Å². The van der Waals surface area contributed by atoms with E-state index in [1.165, 1.54) is 11.8 Å². The van der Waals surface area contributed by atoms with Gasteiger partial charge in [0.05, 0.1) is 4.91 Å². The van der Waals surface area contributed by atoms with E-state index in [0.717, 1.165) is 48.6 Å². The molecular weight excluding hydrogens is 344 g/mol. The Morgan fingerprint density at radius 3 is 2.70 bits per heavy atom. The summed E-state index contributed by atoms with van der Waals surface area (Å²) in [5.74, 6) is -1.80. The molecule has 4 nitrogen and oxygen atoms in total. The van der Waals surface area contributed by atoms with Gasteiger partial charge in [-0.15, -0.1) is 12.4 Å². The second-order valence-electron chi connectivity index (χ2n) is 5.01. The van der Waals surface area contributed by atoms with E-state index < -0.39 is 11.6 Å². The van der Waals surface area contributed by atoms with Crippen molar-refractivity contribution in [1.29, 1.82) is 0 Å². The number of amidine groups is 1. The molecular formula is C15H16ClF2N3OS. The smallest absolute Gasteiger partial charge is 0.264 e. The molecule has 0 spiro atoms. The number of amides is 1. The van der Waals surface area contributed by atoms with Crippen LogP contribution >= 0.6 is 24.2 Å². The molecule has 2 aliphatic heterocycles. The molecule has 124 valence electrons. The molecule has 0 unspecified atom stereocenters. The number of aliphatic imine (C=N–C) groups is 1. The minimum absolute atomic E-state index is 0. The van der Waals surface area contributed by atoms with Gasteiger partial charge in [-0.1, -0.05) is 6.92 Å². The number of nitrogens with one attached hydrogen (secondary N) is 1. The van der Waals surface area contributed by atoms with Gasteiger partial charge in [0.15, 0.2) is 5.17 Å².